The van der Waals surface area contributed by atoms with Crippen LogP contribution in [-0.2, 0) is 4.74 Å². The van der Waals surface area contributed by atoms with Gasteiger partial charge < -0.3 is 24.1 Å². The number of pyridine rings is 2. The zero-order chi connectivity index (χ0) is 23.8. The summed E-state index contributed by atoms with van der Waals surface area (Å²) in [5.74, 6) is 1.54. The number of aromatic amines is 1. The number of hydrogen-bond acceptors (Lipinski definition) is 7. The number of nitrogens with one attached hydrogen (secondary N) is 1. The van der Waals surface area contributed by atoms with Crippen LogP contribution in [0.4, 0.5) is 4.39 Å². The van der Waals surface area contributed by atoms with Crippen LogP contribution in [0, 0.1) is 5.82 Å². The quantitative estimate of drug-likeness (QED) is 0.450. The molecule has 9 nitrogen and oxygen atoms in total. The standard InChI is InChI=1S/C25H22FN5O4/c26-16-10-22-24(28-12-16)30-23(29-22)15-8-19(11-20(9-15)35-18-4-7-33-14-18)34-17-2-3-21(27-13-17)25(32)31-5-1-6-31/h2-3,8-13,18H,1,4-7,14H2,(H,28,29,30)/t18-/m0/s1. The zero-order valence-corrected chi connectivity index (χ0v) is 18.7. The van der Waals surface area contributed by atoms with Gasteiger partial charge in [-0.3, -0.25) is 4.79 Å². The van der Waals surface area contributed by atoms with Gasteiger partial charge in [0.1, 0.15) is 46.2 Å². The average molecular weight is 475 g/mol. The van der Waals surface area contributed by atoms with Crippen LogP contribution in [-0.4, -0.2) is 63.2 Å². The molecule has 1 amide bonds. The minimum atomic E-state index is -0.457. The van der Waals surface area contributed by atoms with E-state index >= 15 is 0 Å². The summed E-state index contributed by atoms with van der Waals surface area (Å²) in [6.07, 6.45) is 4.43. The van der Waals surface area contributed by atoms with Crippen molar-refractivity contribution in [2.24, 2.45) is 0 Å². The number of halogens is 1. The van der Waals surface area contributed by atoms with Gasteiger partial charge in [-0.25, -0.2) is 19.3 Å². The Morgan fingerprint density at radius 1 is 1.09 bits per heavy atom. The maximum atomic E-state index is 13.6. The Morgan fingerprint density at radius 3 is 2.71 bits per heavy atom. The number of carbonyl (C=O) groups excluding carboxylic acids is 1. The molecule has 0 radical (unpaired) electrons. The van der Waals surface area contributed by atoms with Crippen LogP contribution in [0.5, 0.6) is 17.2 Å². The topological polar surface area (TPSA) is 102 Å². The van der Waals surface area contributed by atoms with E-state index in [2.05, 4.69) is 19.9 Å². The molecule has 1 aromatic carbocycles. The number of amides is 1. The van der Waals surface area contributed by atoms with E-state index in [1.807, 2.05) is 6.07 Å². The fourth-order valence-electron chi connectivity index (χ4n) is 4.03. The summed E-state index contributed by atoms with van der Waals surface area (Å²) in [4.78, 5) is 30.0. The summed E-state index contributed by atoms with van der Waals surface area (Å²) in [5.41, 5.74) is 1.97. The number of imidazole rings is 1. The van der Waals surface area contributed by atoms with Gasteiger partial charge in [-0.1, -0.05) is 0 Å². The molecule has 1 N–H and O–H groups in total. The molecule has 10 heteroatoms. The molecule has 3 aromatic heterocycles. The van der Waals surface area contributed by atoms with E-state index in [1.54, 1.807) is 29.2 Å². The number of nitrogens with zero attached hydrogens (tertiary/aromatic N) is 4. The van der Waals surface area contributed by atoms with Crippen molar-refractivity contribution in [3.63, 3.8) is 0 Å². The average Bonchev–Trinajstić information content (AvgIpc) is 3.48. The van der Waals surface area contributed by atoms with Crippen LogP contribution in [0.25, 0.3) is 22.6 Å². The van der Waals surface area contributed by atoms with E-state index < -0.39 is 5.82 Å². The molecule has 0 spiro atoms. The molecule has 2 aliphatic heterocycles. The molecule has 0 unspecified atom stereocenters. The van der Waals surface area contributed by atoms with Crippen molar-refractivity contribution >= 4 is 17.1 Å². The highest BCUT2D eigenvalue weighted by molar-refractivity contribution is 5.92. The molecule has 1 atom stereocenters. The number of fused-ring (bicyclic) bond motifs is 1. The first-order valence-corrected chi connectivity index (χ1v) is 11.4. The van der Waals surface area contributed by atoms with Gasteiger partial charge in [-0.15, -0.1) is 0 Å². The van der Waals surface area contributed by atoms with Crippen LogP contribution in [0.2, 0.25) is 0 Å². The number of likely N-dealkylation sites (tertiary alicyclic amines) is 1. The van der Waals surface area contributed by atoms with Gasteiger partial charge in [0, 0.05) is 37.2 Å². The monoisotopic (exact) mass is 475 g/mol. The van der Waals surface area contributed by atoms with Crippen LogP contribution in [0.1, 0.15) is 23.3 Å². The number of benzene rings is 1. The Balaban J connectivity index is 1.30. The summed E-state index contributed by atoms with van der Waals surface area (Å²) in [6.45, 7) is 2.71. The summed E-state index contributed by atoms with van der Waals surface area (Å²) in [7, 11) is 0. The summed E-state index contributed by atoms with van der Waals surface area (Å²) >= 11 is 0. The van der Waals surface area contributed by atoms with Crippen molar-refractivity contribution in [3.05, 3.63) is 60.3 Å². The lowest BCUT2D eigenvalue weighted by atomic mass is 10.2. The van der Waals surface area contributed by atoms with Gasteiger partial charge in [-0.2, -0.15) is 0 Å². The van der Waals surface area contributed by atoms with Crippen LogP contribution >= 0.6 is 0 Å². The number of ether oxygens (including phenoxy) is 3. The molecule has 2 fully saturated rings. The van der Waals surface area contributed by atoms with Crippen molar-refractivity contribution in [1.29, 1.82) is 0 Å². The lowest BCUT2D eigenvalue weighted by Gasteiger charge is -2.30. The smallest absolute Gasteiger partial charge is 0.272 e. The molecule has 35 heavy (non-hydrogen) atoms. The second kappa shape index (κ2) is 8.95. The number of H-pyrrole nitrogens is 1. The Kier molecular flexibility index (Phi) is 5.49. The van der Waals surface area contributed by atoms with Gasteiger partial charge in [0.2, 0.25) is 0 Å². The van der Waals surface area contributed by atoms with Crippen molar-refractivity contribution in [2.75, 3.05) is 26.3 Å². The number of rotatable bonds is 6. The highest BCUT2D eigenvalue weighted by atomic mass is 19.1. The van der Waals surface area contributed by atoms with E-state index in [0.717, 1.165) is 32.1 Å². The lowest BCUT2D eigenvalue weighted by molar-refractivity contribution is 0.0645. The molecule has 178 valence electrons. The first-order chi connectivity index (χ1) is 17.1. The van der Waals surface area contributed by atoms with Gasteiger partial charge in [0.25, 0.3) is 5.91 Å². The first-order valence-electron chi connectivity index (χ1n) is 11.4. The van der Waals surface area contributed by atoms with Crippen LogP contribution in [0.3, 0.4) is 0 Å². The van der Waals surface area contributed by atoms with Crippen molar-refractivity contribution < 1.29 is 23.4 Å². The maximum absolute atomic E-state index is 13.6. The molecule has 0 aliphatic carbocycles. The third-order valence-corrected chi connectivity index (χ3v) is 5.98. The highest BCUT2D eigenvalue weighted by Crippen LogP contribution is 2.33. The highest BCUT2D eigenvalue weighted by Gasteiger charge is 2.23. The predicted molar refractivity (Wildman–Crippen MR) is 124 cm³/mol. The van der Waals surface area contributed by atoms with E-state index in [4.69, 9.17) is 14.2 Å². The van der Waals surface area contributed by atoms with Gasteiger partial charge >= 0.3 is 0 Å². The van der Waals surface area contributed by atoms with Crippen molar-refractivity contribution in [1.82, 2.24) is 24.8 Å². The minimum absolute atomic E-state index is 0.0574. The molecular formula is C25H22FN5O4. The Hall–Kier alpha value is -4.05. The van der Waals surface area contributed by atoms with Crippen LogP contribution in [0.15, 0.2) is 48.8 Å². The number of aromatic nitrogens is 4. The Morgan fingerprint density at radius 2 is 1.97 bits per heavy atom. The summed E-state index contributed by atoms with van der Waals surface area (Å²) < 4.78 is 31.2. The molecule has 5 heterocycles. The zero-order valence-electron chi connectivity index (χ0n) is 18.7. The number of carbonyl (C=O) groups is 1. The molecule has 6 rings (SSSR count). The maximum Gasteiger partial charge on any atom is 0.272 e. The molecule has 0 saturated carbocycles. The van der Waals surface area contributed by atoms with Gasteiger partial charge in [0.15, 0.2) is 5.65 Å². The molecule has 4 aromatic rings. The SMILES string of the molecule is O=C(c1ccc(Oc2cc(O[C@H]3CCOC3)cc(-c3nc4cc(F)cnc4[nH]3)c2)cn1)N1CCC1. The molecule has 2 saturated heterocycles. The largest absolute Gasteiger partial charge is 0.488 e. The Bertz CT molecular complexity index is 1380. The van der Waals surface area contributed by atoms with Crippen molar-refractivity contribution in [3.8, 4) is 28.6 Å². The minimum Gasteiger partial charge on any atom is -0.488 e. The predicted octanol–water partition coefficient (Wildman–Crippen LogP) is 3.96. The van der Waals surface area contributed by atoms with E-state index in [-0.39, 0.29) is 12.0 Å². The van der Waals surface area contributed by atoms with Crippen molar-refractivity contribution in [2.45, 2.75) is 18.9 Å². The molecule has 2 aliphatic rings. The number of hydrogen-bond donors (Lipinski definition) is 1. The van der Waals surface area contributed by atoms with E-state index in [9.17, 15) is 9.18 Å². The van der Waals surface area contributed by atoms with E-state index in [1.165, 1.54) is 12.3 Å². The summed E-state index contributed by atoms with van der Waals surface area (Å²) in [6, 6.07) is 10.1. The van der Waals surface area contributed by atoms with Gasteiger partial charge in [-0.05, 0) is 30.7 Å². The molecular weight excluding hydrogens is 453 g/mol. The third kappa shape index (κ3) is 4.52. The second-order valence-electron chi connectivity index (χ2n) is 8.53. The molecule has 0 bridgehead atoms. The first kappa shape index (κ1) is 21.5. The van der Waals surface area contributed by atoms with Crippen LogP contribution < -0.4 is 9.47 Å². The van der Waals surface area contributed by atoms with E-state index in [0.29, 0.717) is 58.7 Å². The lowest BCUT2D eigenvalue weighted by Crippen LogP contribution is -2.42. The fraction of sp³-hybridized carbons (Fsp3) is 0.280. The summed E-state index contributed by atoms with van der Waals surface area (Å²) in [5, 5.41) is 0. The normalized spacial score (nSPS) is 17.4. The third-order valence-electron chi connectivity index (χ3n) is 5.98. The fourth-order valence-corrected chi connectivity index (χ4v) is 4.03. The Labute approximate surface area is 199 Å². The van der Waals surface area contributed by atoms with Gasteiger partial charge in [0.05, 0.1) is 25.6 Å². The second-order valence-corrected chi connectivity index (χ2v) is 8.53.